The summed E-state index contributed by atoms with van der Waals surface area (Å²) in [4.78, 5) is 10.2. The van der Waals surface area contributed by atoms with Crippen LogP contribution < -0.4 is 0 Å². The van der Waals surface area contributed by atoms with Crippen molar-refractivity contribution in [2.45, 2.75) is 64.8 Å². The van der Waals surface area contributed by atoms with Crippen LogP contribution in [0.4, 0.5) is 0 Å². The van der Waals surface area contributed by atoms with Gasteiger partial charge in [-0.25, -0.2) is 0 Å². The second kappa shape index (κ2) is 7.18. The summed E-state index contributed by atoms with van der Waals surface area (Å²) in [6, 6.07) is 3.56. The number of hydrogen-bond donors (Lipinski definition) is 0. The molecule has 0 saturated heterocycles. The Bertz CT molecular complexity index is 147. The van der Waals surface area contributed by atoms with Gasteiger partial charge in [0, 0.05) is 12.5 Å². The molecule has 0 amide bonds. The van der Waals surface area contributed by atoms with E-state index in [0.717, 1.165) is 12.7 Å². The van der Waals surface area contributed by atoms with Gasteiger partial charge in [-0.05, 0) is 31.5 Å². The van der Waals surface area contributed by atoms with Gasteiger partial charge in [-0.1, -0.05) is 20.8 Å². The lowest BCUT2D eigenvalue weighted by Crippen LogP contribution is -2.39. The van der Waals surface area contributed by atoms with Gasteiger partial charge in [0.1, 0.15) is 6.29 Å². The highest BCUT2D eigenvalue weighted by atomic mass is 28.4. The quantitative estimate of drug-likeness (QED) is 0.459. The standard InChI is InChI=1S/C11H24O2Si/c1-5-14(6-2,7-3)13-11(4)9-8-10-12/h10-11H,5-9H2,1-4H3/t11-/m1/s1. The predicted molar refractivity (Wildman–Crippen MR) is 63.0 cm³/mol. The minimum absolute atomic E-state index is 0.256. The molecule has 1 atom stereocenters. The van der Waals surface area contributed by atoms with Gasteiger partial charge in [-0.15, -0.1) is 0 Å². The van der Waals surface area contributed by atoms with Gasteiger partial charge in [-0.2, -0.15) is 0 Å². The molecule has 0 aliphatic carbocycles. The molecule has 0 aliphatic rings. The largest absolute Gasteiger partial charge is 0.414 e. The van der Waals surface area contributed by atoms with Crippen LogP contribution in [0, 0.1) is 0 Å². The Hall–Kier alpha value is -0.153. The van der Waals surface area contributed by atoms with Gasteiger partial charge < -0.3 is 9.22 Å². The van der Waals surface area contributed by atoms with Crippen molar-refractivity contribution in [3.63, 3.8) is 0 Å². The minimum atomic E-state index is -1.45. The normalized spacial score (nSPS) is 14.0. The number of hydrogen-bond acceptors (Lipinski definition) is 2. The lowest BCUT2D eigenvalue weighted by molar-refractivity contribution is -0.108. The smallest absolute Gasteiger partial charge is 0.192 e. The molecule has 0 spiro atoms. The molecule has 0 unspecified atom stereocenters. The van der Waals surface area contributed by atoms with Crippen molar-refractivity contribution >= 4 is 14.6 Å². The van der Waals surface area contributed by atoms with Crippen LogP contribution in [0.15, 0.2) is 0 Å². The summed E-state index contributed by atoms with van der Waals surface area (Å²) in [5, 5.41) is 0. The van der Waals surface area contributed by atoms with Crippen LogP contribution in [-0.4, -0.2) is 20.7 Å². The molecule has 14 heavy (non-hydrogen) atoms. The second-order valence-corrected chi connectivity index (χ2v) is 8.64. The van der Waals surface area contributed by atoms with E-state index in [4.69, 9.17) is 4.43 Å². The molecule has 0 rings (SSSR count). The Morgan fingerprint density at radius 2 is 1.71 bits per heavy atom. The van der Waals surface area contributed by atoms with E-state index < -0.39 is 8.32 Å². The third-order valence-electron chi connectivity index (χ3n) is 3.08. The van der Waals surface area contributed by atoms with E-state index in [1.807, 2.05) is 0 Å². The number of rotatable bonds is 8. The van der Waals surface area contributed by atoms with Crippen molar-refractivity contribution in [3.8, 4) is 0 Å². The van der Waals surface area contributed by atoms with Gasteiger partial charge in [0.2, 0.25) is 0 Å². The number of carbonyl (C=O) groups excluding carboxylic acids is 1. The van der Waals surface area contributed by atoms with E-state index in [-0.39, 0.29) is 6.10 Å². The number of carbonyl (C=O) groups is 1. The highest BCUT2D eigenvalue weighted by Gasteiger charge is 2.30. The van der Waals surface area contributed by atoms with E-state index in [0.29, 0.717) is 6.42 Å². The summed E-state index contributed by atoms with van der Waals surface area (Å²) in [6.45, 7) is 8.77. The van der Waals surface area contributed by atoms with Crippen molar-refractivity contribution in [2.24, 2.45) is 0 Å². The van der Waals surface area contributed by atoms with Crippen molar-refractivity contribution in [2.75, 3.05) is 0 Å². The highest BCUT2D eigenvalue weighted by molar-refractivity contribution is 6.73. The molecule has 0 aromatic rings. The van der Waals surface area contributed by atoms with Crippen molar-refractivity contribution in [3.05, 3.63) is 0 Å². The van der Waals surface area contributed by atoms with Gasteiger partial charge in [0.15, 0.2) is 8.32 Å². The van der Waals surface area contributed by atoms with Crippen LogP contribution in [0.5, 0.6) is 0 Å². The van der Waals surface area contributed by atoms with Gasteiger partial charge in [-0.3, -0.25) is 0 Å². The van der Waals surface area contributed by atoms with Gasteiger partial charge in [0.25, 0.3) is 0 Å². The fourth-order valence-corrected chi connectivity index (χ4v) is 4.76. The Morgan fingerprint density at radius 1 is 1.21 bits per heavy atom. The Kier molecular flexibility index (Phi) is 7.10. The second-order valence-electron chi connectivity index (χ2n) is 3.92. The molecular weight excluding hydrogens is 192 g/mol. The maximum absolute atomic E-state index is 10.2. The first-order chi connectivity index (χ1) is 6.64. The van der Waals surface area contributed by atoms with E-state index >= 15 is 0 Å². The van der Waals surface area contributed by atoms with Gasteiger partial charge in [0.05, 0.1) is 0 Å². The molecule has 0 saturated carbocycles. The molecule has 0 heterocycles. The monoisotopic (exact) mass is 216 g/mol. The van der Waals surface area contributed by atoms with Crippen molar-refractivity contribution < 1.29 is 9.22 Å². The zero-order valence-electron chi connectivity index (χ0n) is 10.0. The summed E-state index contributed by atoms with van der Waals surface area (Å²) >= 11 is 0. The maximum Gasteiger partial charge on any atom is 0.192 e. The first kappa shape index (κ1) is 13.8. The molecule has 0 bridgehead atoms. The lowest BCUT2D eigenvalue weighted by Gasteiger charge is -2.31. The van der Waals surface area contributed by atoms with Crippen LogP contribution in [0.1, 0.15) is 40.5 Å². The molecule has 2 nitrogen and oxygen atoms in total. The van der Waals surface area contributed by atoms with E-state index in [1.165, 1.54) is 18.1 Å². The Balaban J connectivity index is 4.07. The van der Waals surface area contributed by atoms with E-state index in [1.54, 1.807) is 0 Å². The lowest BCUT2D eigenvalue weighted by atomic mass is 10.2. The fraction of sp³-hybridized carbons (Fsp3) is 0.909. The van der Waals surface area contributed by atoms with Crippen molar-refractivity contribution in [1.82, 2.24) is 0 Å². The zero-order chi connectivity index (χ0) is 11.0. The number of aldehydes is 1. The topological polar surface area (TPSA) is 26.3 Å². The third-order valence-corrected chi connectivity index (χ3v) is 7.84. The van der Waals surface area contributed by atoms with E-state index in [9.17, 15) is 4.79 Å². The molecule has 0 radical (unpaired) electrons. The zero-order valence-corrected chi connectivity index (χ0v) is 11.0. The van der Waals surface area contributed by atoms with E-state index in [2.05, 4.69) is 27.7 Å². The van der Waals surface area contributed by atoms with Crippen LogP contribution in [-0.2, 0) is 9.22 Å². The van der Waals surface area contributed by atoms with Crippen LogP contribution >= 0.6 is 0 Å². The molecule has 0 aromatic heterocycles. The SMILES string of the molecule is CC[Si](CC)(CC)O[C@H](C)CCC=O. The minimum Gasteiger partial charge on any atom is -0.414 e. The maximum atomic E-state index is 10.2. The summed E-state index contributed by atoms with van der Waals surface area (Å²) < 4.78 is 6.17. The van der Waals surface area contributed by atoms with Crippen LogP contribution in [0.2, 0.25) is 18.1 Å². The van der Waals surface area contributed by atoms with Crippen molar-refractivity contribution in [1.29, 1.82) is 0 Å². The average molecular weight is 216 g/mol. The molecule has 0 N–H and O–H groups in total. The highest BCUT2D eigenvalue weighted by Crippen LogP contribution is 2.24. The predicted octanol–water partition coefficient (Wildman–Crippen LogP) is 3.38. The summed E-state index contributed by atoms with van der Waals surface area (Å²) in [5.41, 5.74) is 0. The Labute approximate surface area is 89.2 Å². The first-order valence-electron chi connectivity index (χ1n) is 5.75. The van der Waals surface area contributed by atoms with Crippen LogP contribution in [0.25, 0.3) is 0 Å². The average Bonchev–Trinajstić information content (AvgIpc) is 2.23. The van der Waals surface area contributed by atoms with Gasteiger partial charge >= 0.3 is 0 Å². The van der Waals surface area contributed by atoms with Crippen LogP contribution in [0.3, 0.4) is 0 Å². The molecule has 84 valence electrons. The Morgan fingerprint density at radius 3 is 2.07 bits per heavy atom. The first-order valence-corrected chi connectivity index (χ1v) is 8.28. The summed E-state index contributed by atoms with van der Waals surface area (Å²) in [5.74, 6) is 0. The molecule has 0 aromatic carbocycles. The third kappa shape index (κ3) is 4.38. The summed E-state index contributed by atoms with van der Waals surface area (Å²) in [7, 11) is -1.45. The summed E-state index contributed by atoms with van der Waals surface area (Å²) in [6.07, 6.45) is 2.74. The molecule has 3 heteroatoms. The molecule has 0 aliphatic heterocycles. The molecule has 0 fully saturated rings. The fourth-order valence-electron chi connectivity index (χ4n) is 1.79. The molecular formula is C11H24O2Si.